The molecule has 1 amide bonds. The molecule has 1 N–H and O–H groups in total. The van der Waals surface area contributed by atoms with Gasteiger partial charge in [0, 0.05) is 28.9 Å². The van der Waals surface area contributed by atoms with E-state index in [0.29, 0.717) is 11.3 Å². The Hall–Kier alpha value is -2.74. The van der Waals surface area contributed by atoms with Crippen LogP contribution in [0.3, 0.4) is 0 Å². The van der Waals surface area contributed by atoms with Crippen LogP contribution in [0.25, 0.3) is 0 Å². The molecule has 26 heavy (non-hydrogen) atoms. The molecule has 138 valence electrons. The van der Waals surface area contributed by atoms with Crippen LogP contribution in [0.2, 0.25) is 0 Å². The highest BCUT2D eigenvalue weighted by Crippen LogP contribution is 2.12. The molecule has 0 saturated carbocycles. The smallest absolute Gasteiger partial charge is 0.308 e. The third-order valence-corrected chi connectivity index (χ3v) is 4.61. The monoisotopic (exact) mass is 376 g/mol. The summed E-state index contributed by atoms with van der Waals surface area (Å²) in [6.07, 6.45) is -1.00. The van der Waals surface area contributed by atoms with Crippen molar-refractivity contribution in [1.29, 1.82) is 0 Å². The van der Waals surface area contributed by atoms with E-state index in [2.05, 4.69) is 5.32 Å². The fraction of sp³-hybridized carbons (Fsp3) is 0.333. The van der Waals surface area contributed by atoms with Crippen LogP contribution in [0, 0.1) is 6.92 Å². The van der Waals surface area contributed by atoms with Gasteiger partial charge in [-0.15, -0.1) is 0 Å². The highest BCUT2D eigenvalue weighted by Gasteiger charge is 2.18. The van der Waals surface area contributed by atoms with Crippen molar-refractivity contribution in [3.05, 3.63) is 50.6 Å². The highest BCUT2D eigenvalue weighted by molar-refractivity contribution is 7.07. The molecule has 0 radical (unpaired) electrons. The number of carbonyl (C=O) groups is 3. The van der Waals surface area contributed by atoms with Gasteiger partial charge in [0.15, 0.2) is 11.9 Å². The van der Waals surface area contributed by atoms with E-state index < -0.39 is 18.0 Å². The third kappa shape index (κ3) is 5.13. The van der Waals surface area contributed by atoms with Gasteiger partial charge in [-0.1, -0.05) is 23.5 Å². The molecule has 1 atom stereocenters. The van der Waals surface area contributed by atoms with Crippen LogP contribution in [-0.2, 0) is 20.9 Å². The van der Waals surface area contributed by atoms with Gasteiger partial charge in [0.1, 0.15) is 0 Å². The van der Waals surface area contributed by atoms with Crippen molar-refractivity contribution in [3.8, 4) is 0 Å². The first kappa shape index (κ1) is 19.6. The van der Waals surface area contributed by atoms with Crippen molar-refractivity contribution < 1.29 is 19.1 Å². The van der Waals surface area contributed by atoms with Gasteiger partial charge < -0.3 is 14.6 Å². The van der Waals surface area contributed by atoms with Crippen LogP contribution in [0.1, 0.15) is 36.3 Å². The lowest BCUT2D eigenvalue weighted by Gasteiger charge is -2.14. The standard InChI is InChI=1S/C18H20N2O5S/c1-11-10-26-18(24)20(11)8-7-16(22)25-13(3)17(23)19-15-6-4-5-14(9-15)12(2)21/h4-6,9-10,13H,7-8H2,1-3H3,(H,19,23)/t13-/m1/s1. The molecule has 0 unspecified atom stereocenters. The maximum absolute atomic E-state index is 12.1. The number of esters is 1. The number of thiazole rings is 1. The number of nitrogens with zero attached hydrogens (tertiary/aromatic N) is 1. The zero-order valence-electron chi connectivity index (χ0n) is 14.8. The van der Waals surface area contributed by atoms with Gasteiger partial charge in [0.25, 0.3) is 5.91 Å². The van der Waals surface area contributed by atoms with Gasteiger partial charge in [0.2, 0.25) is 0 Å². The van der Waals surface area contributed by atoms with Gasteiger partial charge in [-0.3, -0.25) is 19.2 Å². The summed E-state index contributed by atoms with van der Waals surface area (Å²) < 4.78 is 6.60. The molecular weight excluding hydrogens is 356 g/mol. The SMILES string of the molecule is CC(=O)c1cccc(NC(=O)[C@@H](C)OC(=O)CCn2c(C)csc2=O)c1. The summed E-state index contributed by atoms with van der Waals surface area (Å²) in [5.41, 5.74) is 1.71. The zero-order chi connectivity index (χ0) is 19.3. The molecule has 1 aromatic carbocycles. The first-order chi connectivity index (χ1) is 12.3. The Labute approximate surface area is 154 Å². The number of nitrogens with one attached hydrogen (secondary N) is 1. The summed E-state index contributed by atoms with van der Waals surface area (Å²) in [7, 11) is 0. The third-order valence-electron chi connectivity index (χ3n) is 3.73. The minimum Gasteiger partial charge on any atom is -0.452 e. The molecular formula is C18H20N2O5S. The number of amides is 1. The normalized spacial score (nSPS) is 11.7. The van der Waals surface area contributed by atoms with E-state index in [0.717, 1.165) is 17.0 Å². The van der Waals surface area contributed by atoms with E-state index in [9.17, 15) is 19.2 Å². The van der Waals surface area contributed by atoms with Crippen molar-refractivity contribution in [2.45, 2.75) is 39.8 Å². The largest absolute Gasteiger partial charge is 0.452 e. The predicted molar refractivity (Wildman–Crippen MR) is 98.6 cm³/mol. The van der Waals surface area contributed by atoms with Crippen LogP contribution in [0.4, 0.5) is 5.69 Å². The van der Waals surface area contributed by atoms with Crippen LogP contribution < -0.4 is 10.2 Å². The summed E-state index contributed by atoms with van der Waals surface area (Å²) >= 11 is 1.07. The van der Waals surface area contributed by atoms with E-state index in [1.54, 1.807) is 36.6 Å². The quantitative estimate of drug-likeness (QED) is 0.591. The number of hydrogen-bond donors (Lipinski definition) is 1. The van der Waals surface area contributed by atoms with Crippen molar-refractivity contribution in [3.63, 3.8) is 0 Å². The molecule has 0 aliphatic carbocycles. The van der Waals surface area contributed by atoms with E-state index in [1.807, 2.05) is 0 Å². The van der Waals surface area contributed by atoms with Crippen LogP contribution in [0.15, 0.2) is 34.4 Å². The second-order valence-corrected chi connectivity index (χ2v) is 6.62. The number of ketones is 1. The molecule has 1 aromatic heterocycles. The Morgan fingerprint density at radius 2 is 2.04 bits per heavy atom. The molecule has 2 rings (SSSR count). The average molecular weight is 376 g/mol. The van der Waals surface area contributed by atoms with Gasteiger partial charge in [-0.25, -0.2) is 0 Å². The molecule has 8 heteroatoms. The van der Waals surface area contributed by atoms with E-state index in [4.69, 9.17) is 4.74 Å². The van der Waals surface area contributed by atoms with Crippen LogP contribution >= 0.6 is 11.3 Å². The summed E-state index contributed by atoms with van der Waals surface area (Å²) in [5.74, 6) is -1.18. The molecule has 2 aromatic rings. The van der Waals surface area contributed by atoms with Crippen molar-refractivity contribution in [2.75, 3.05) is 5.32 Å². The maximum Gasteiger partial charge on any atom is 0.308 e. The number of benzene rings is 1. The van der Waals surface area contributed by atoms with Gasteiger partial charge in [0.05, 0.1) is 6.42 Å². The molecule has 0 saturated heterocycles. The lowest BCUT2D eigenvalue weighted by Crippen LogP contribution is -2.30. The topological polar surface area (TPSA) is 94.5 Å². The Morgan fingerprint density at radius 3 is 2.65 bits per heavy atom. The number of ether oxygens (including phenoxy) is 1. The average Bonchev–Trinajstić information content (AvgIpc) is 2.91. The fourth-order valence-corrected chi connectivity index (χ4v) is 3.01. The molecule has 0 aliphatic heterocycles. The molecule has 7 nitrogen and oxygen atoms in total. The molecule has 0 spiro atoms. The van der Waals surface area contributed by atoms with E-state index >= 15 is 0 Å². The fourth-order valence-electron chi connectivity index (χ4n) is 2.25. The minimum atomic E-state index is -0.997. The van der Waals surface area contributed by atoms with Crippen LogP contribution in [-0.4, -0.2) is 28.3 Å². The lowest BCUT2D eigenvalue weighted by molar-refractivity contribution is -0.153. The first-order valence-corrected chi connectivity index (χ1v) is 8.92. The number of Topliss-reactive ketones (excluding diaryl/α,β-unsaturated/α-hetero) is 1. The molecule has 0 fully saturated rings. The maximum atomic E-state index is 12.1. The lowest BCUT2D eigenvalue weighted by atomic mass is 10.1. The Kier molecular flexibility index (Phi) is 6.46. The first-order valence-electron chi connectivity index (χ1n) is 8.04. The van der Waals surface area contributed by atoms with Gasteiger partial charge in [-0.05, 0) is 32.9 Å². The summed E-state index contributed by atoms with van der Waals surface area (Å²) in [4.78, 5) is 46.9. The summed E-state index contributed by atoms with van der Waals surface area (Å²) in [5, 5.41) is 4.33. The number of anilines is 1. The van der Waals surface area contributed by atoms with Crippen molar-refractivity contribution in [2.24, 2.45) is 0 Å². The molecule has 1 heterocycles. The number of rotatable bonds is 7. The summed E-state index contributed by atoms with van der Waals surface area (Å²) in [6.45, 7) is 4.90. The predicted octanol–water partition coefficient (Wildman–Crippen LogP) is 2.38. The Balaban J connectivity index is 1.88. The van der Waals surface area contributed by atoms with E-state index in [1.165, 1.54) is 18.4 Å². The van der Waals surface area contributed by atoms with Crippen LogP contribution in [0.5, 0.6) is 0 Å². The zero-order valence-corrected chi connectivity index (χ0v) is 15.6. The number of carbonyl (C=O) groups excluding carboxylic acids is 3. The number of aromatic nitrogens is 1. The second kappa shape index (κ2) is 8.57. The van der Waals surface area contributed by atoms with Gasteiger partial charge >= 0.3 is 10.8 Å². The van der Waals surface area contributed by atoms with E-state index in [-0.39, 0.29) is 23.6 Å². The Bertz CT molecular complexity index is 884. The molecule has 0 bridgehead atoms. The highest BCUT2D eigenvalue weighted by atomic mass is 32.1. The summed E-state index contributed by atoms with van der Waals surface area (Å²) in [6, 6.07) is 6.50. The Morgan fingerprint density at radius 1 is 1.31 bits per heavy atom. The number of aryl methyl sites for hydroxylation is 1. The molecule has 0 aliphatic rings. The minimum absolute atomic E-state index is 0.00504. The van der Waals surface area contributed by atoms with Crippen molar-refractivity contribution in [1.82, 2.24) is 4.57 Å². The van der Waals surface area contributed by atoms with Crippen molar-refractivity contribution >= 4 is 34.7 Å². The second-order valence-electron chi connectivity index (χ2n) is 5.80. The van der Waals surface area contributed by atoms with Gasteiger partial charge in [-0.2, -0.15) is 0 Å². The number of hydrogen-bond acceptors (Lipinski definition) is 6.